The molecule has 0 fully saturated rings. The van der Waals surface area contributed by atoms with E-state index in [9.17, 15) is 9.18 Å². The SMILES string of the molecule is O=C(Nc1ccccc1F)N(CCO)Cc1cccnc1. The van der Waals surface area contributed by atoms with E-state index in [0.717, 1.165) is 5.56 Å². The lowest BCUT2D eigenvalue weighted by Gasteiger charge is -2.22. The molecule has 0 unspecified atom stereocenters. The highest BCUT2D eigenvalue weighted by Crippen LogP contribution is 2.14. The summed E-state index contributed by atoms with van der Waals surface area (Å²) in [4.78, 5) is 17.5. The minimum absolute atomic E-state index is 0.108. The lowest BCUT2D eigenvalue weighted by Crippen LogP contribution is -2.36. The molecule has 110 valence electrons. The van der Waals surface area contributed by atoms with Crippen molar-refractivity contribution >= 4 is 11.7 Å². The number of aliphatic hydroxyl groups excluding tert-OH is 1. The molecule has 2 N–H and O–H groups in total. The molecule has 2 aromatic rings. The molecule has 0 atom stereocenters. The van der Waals surface area contributed by atoms with Gasteiger partial charge in [0.2, 0.25) is 0 Å². The van der Waals surface area contributed by atoms with Crippen molar-refractivity contribution in [2.24, 2.45) is 0 Å². The summed E-state index contributed by atoms with van der Waals surface area (Å²) >= 11 is 0. The van der Waals surface area contributed by atoms with Crippen molar-refractivity contribution in [2.75, 3.05) is 18.5 Å². The Hall–Kier alpha value is -2.47. The number of benzene rings is 1. The third-order valence-electron chi connectivity index (χ3n) is 2.87. The van der Waals surface area contributed by atoms with Crippen LogP contribution in [-0.4, -0.2) is 34.2 Å². The van der Waals surface area contributed by atoms with Gasteiger partial charge in [-0.05, 0) is 23.8 Å². The number of carbonyl (C=O) groups is 1. The third-order valence-corrected chi connectivity index (χ3v) is 2.87. The highest BCUT2D eigenvalue weighted by molar-refractivity contribution is 5.89. The van der Waals surface area contributed by atoms with Crippen LogP contribution in [0.5, 0.6) is 0 Å². The summed E-state index contributed by atoms with van der Waals surface area (Å²) in [5, 5.41) is 11.6. The largest absolute Gasteiger partial charge is 0.395 e. The minimum Gasteiger partial charge on any atom is -0.395 e. The molecule has 2 amide bonds. The first kappa shape index (κ1) is 14.9. The Morgan fingerprint density at radius 1 is 1.29 bits per heavy atom. The molecule has 0 saturated heterocycles. The molecule has 0 saturated carbocycles. The molecule has 0 aliphatic heterocycles. The maximum Gasteiger partial charge on any atom is 0.322 e. The summed E-state index contributed by atoms with van der Waals surface area (Å²) in [6.07, 6.45) is 3.28. The molecule has 21 heavy (non-hydrogen) atoms. The van der Waals surface area contributed by atoms with E-state index in [1.54, 1.807) is 30.6 Å². The fraction of sp³-hybridized carbons (Fsp3) is 0.200. The van der Waals surface area contributed by atoms with E-state index in [1.807, 2.05) is 6.07 Å². The van der Waals surface area contributed by atoms with Gasteiger partial charge in [-0.15, -0.1) is 0 Å². The van der Waals surface area contributed by atoms with E-state index in [2.05, 4.69) is 10.3 Å². The van der Waals surface area contributed by atoms with Crippen LogP contribution in [0.4, 0.5) is 14.9 Å². The second kappa shape index (κ2) is 7.35. The van der Waals surface area contributed by atoms with E-state index < -0.39 is 11.8 Å². The van der Waals surface area contributed by atoms with Crippen LogP contribution in [0.25, 0.3) is 0 Å². The number of halogens is 1. The number of hydrogen-bond acceptors (Lipinski definition) is 3. The zero-order valence-corrected chi connectivity index (χ0v) is 11.4. The summed E-state index contributed by atoms with van der Waals surface area (Å²) in [6, 6.07) is 9.05. The molecule has 6 heteroatoms. The Labute approximate surface area is 122 Å². The Morgan fingerprint density at radius 3 is 2.76 bits per heavy atom. The predicted molar refractivity (Wildman–Crippen MR) is 77.2 cm³/mol. The highest BCUT2D eigenvalue weighted by atomic mass is 19.1. The maximum absolute atomic E-state index is 13.5. The molecule has 0 radical (unpaired) electrons. The topological polar surface area (TPSA) is 65.5 Å². The lowest BCUT2D eigenvalue weighted by atomic mass is 10.2. The van der Waals surface area contributed by atoms with Gasteiger partial charge in [0.25, 0.3) is 0 Å². The van der Waals surface area contributed by atoms with Gasteiger partial charge < -0.3 is 15.3 Å². The molecule has 0 aliphatic rings. The second-order valence-corrected chi connectivity index (χ2v) is 4.42. The number of nitrogens with one attached hydrogen (secondary N) is 1. The van der Waals surface area contributed by atoms with Crippen LogP contribution in [-0.2, 0) is 6.54 Å². The monoisotopic (exact) mass is 289 g/mol. The molecule has 1 heterocycles. The molecule has 5 nitrogen and oxygen atoms in total. The standard InChI is InChI=1S/C15H16FN3O2/c16-13-5-1-2-6-14(13)18-15(21)19(8-9-20)11-12-4-3-7-17-10-12/h1-7,10,20H,8-9,11H2,(H,18,21). The fourth-order valence-electron chi connectivity index (χ4n) is 1.84. The number of carbonyl (C=O) groups excluding carboxylic acids is 1. The Balaban J connectivity index is 2.07. The van der Waals surface area contributed by atoms with Gasteiger partial charge in [0.1, 0.15) is 5.82 Å². The van der Waals surface area contributed by atoms with Crippen molar-refractivity contribution in [3.8, 4) is 0 Å². The number of amides is 2. The molecule has 0 spiro atoms. The first-order valence-corrected chi connectivity index (χ1v) is 6.51. The Morgan fingerprint density at radius 2 is 2.10 bits per heavy atom. The number of rotatable bonds is 5. The van der Waals surface area contributed by atoms with Gasteiger partial charge in [0.05, 0.1) is 12.3 Å². The van der Waals surface area contributed by atoms with Gasteiger partial charge in [0, 0.05) is 25.5 Å². The number of aliphatic hydroxyl groups is 1. The van der Waals surface area contributed by atoms with Crippen molar-refractivity contribution in [1.29, 1.82) is 0 Å². The van der Waals surface area contributed by atoms with Crippen LogP contribution in [0.15, 0.2) is 48.8 Å². The van der Waals surface area contributed by atoms with E-state index >= 15 is 0 Å². The quantitative estimate of drug-likeness (QED) is 0.887. The number of aromatic nitrogens is 1. The molecule has 0 bridgehead atoms. The molecule has 1 aromatic carbocycles. The van der Waals surface area contributed by atoms with Crippen LogP contribution in [0, 0.1) is 5.82 Å². The minimum atomic E-state index is -0.504. The van der Waals surface area contributed by atoms with Crippen LogP contribution >= 0.6 is 0 Å². The van der Waals surface area contributed by atoms with Crippen molar-refractivity contribution < 1.29 is 14.3 Å². The second-order valence-electron chi connectivity index (χ2n) is 4.42. The molecule has 2 rings (SSSR count). The average Bonchev–Trinajstić information content (AvgIpc) is 2.50. The van der Waals surface area contributed by atoms with E-state index in [4.69, 9.17) is 5.11 Å². The summed E-state index contributed by atoms with van der Waals surface area (Å²) in [6.45, 7) is 0.259. The van der Waals surface area contributed by atoms with Crippen molar-refractivity contribution in [3.63, 3.8) is 0 Å². The van der Waals surface area contributed by atoms with Gasteiger partial charge in [-0.2, -0.15) is 0 Å². The maximum atomic E-state index is 13.5. The number of nitrogens with zero attached hydrogens (tertiary/aromatic N) is 2. The number of urea groups is 1. The highest BCUT2D eigenvalue weighted by Gasteiger charge is 2.15. The van der Waals surface area contributed by atoms with Gasteiger partial charge in [-0.25, -0.2) is 9.18 Å². The number of para-hydroxylation sites is 1. The average molecular weight is 289 g/mol. The normalized spacial score (nSPS) is 10.2. The lowest BCUT2D eigenvalue weighted by molar-refractivity contribution is 0.185. The van der Waals surface area contributed by atoms with Gasteiger partial charge in [0.15, 0.2) is 0 Å². The number of hydrogen-bond donors (Lipinski definition) is 2. The first-order valence-electron chi connectivity index (χ1n) is 6.51. The number of anilines is 1. The number of pyridine rings is 1. The molecule has 0 aliphatic carbocycles. The zero-order valence-electron chi connectivity index (χ0n) is 11.4. The smallest absolute Gasteiger partial charge is 0.322 e. The predicted octanol–water partition coefficient (Wildman–Crippen LogP) is 2.25. The summed E-state index contributed by atoms with van der Waals surface area (Å²) in [5.41, 5.74) is 0.936. The van der Waals surface area contributed by atoms with E-state index in [1.165, 1.54) is 17.0 Å². The summed E-state index contributed by atoms with van der Waals surface area (Å²) < 4.78 is 13.5. The van der Waals surface area contributed by atoms with Crippen molar-refractivity contribution in [2.45, 2.75) is 6.54 Å². The zero-order chi connectivity index (χ0) is 15.1. The van der Waals surface area contributed by atoms with E-state index in [-0.39, 0.29) is 25.4 Å². The van der Waals surface area contributed by atoms with Crippen molar-refractivity contribution in [1.82, 2.24) is 9.88 Å². The fourth-order valence-corrected chi connectivity index (χ4v) is 1.84. The van der Waals surface area contributed by atoms with Gasteiger partial charge in [-0.3, -0.25) is 4.98 Å². The molecular weight excluding hydrogens is 273 g/mol. The van der Waals surface area contributed by atoms with Crippen molar-refractivity contribution in [3.05, 3.63) is 60.2 Å². The van der Waals surface area contributed by atoms with Crippen LogP contribution in [0.3, 0.4) is 0 Å². The Kier molecular flexibility index (Phi) is 5.22. The van der Waals surface area contributed by atoms with Gasteiger partial charge in [-0.1, -0.05) is 18.2 Å². The third kappa shape index (κ3) is 4.25. The van der Waals surface area contributed by atoms with Crippen LogP contribution < -0.4 is 5.32 Å². The van der Waals surface area contributed by atoms with E-state index in [0.29, 0.717) is 0 Å². The van der Waals surface area contributed by atoms with Crippen LogP contribution in [0.2, 0.25) is 0 Å². The van der Waals surface area contributed by atoms with Gasteiger partial charge >= 0.3 is 6.03 Å². The first-order chi connectivity index (χ1) is 10.2. The molecule has 1 aromatic heterocycles. The summed E-state index contributed by atoms with van der Waals surface area (Å²) in [5.74, 6) is -0.504. The Bertz CT molecular complexity index is 592. The van der Waals surface area contributed by atoms with Crippen LogP contribution in [0.1, 0.15) is 5.56 Å². The summed E-state index contributed by atoms with van der Waals surface area (Å²) in [7, 11) is 0. The molecular formula is C15H16FN3O2.